The van der Waals surface area contributed by atoms with Crippen molar-refractivity contribution in [3.05, 3.63) is 45.7 Å². The third kappa shape index (κ3) is 2.55. The van der Waals surface area contributed by atoms with Crippen LogP contribution in [0.3, 0.4) is 0 Å². The lowest BCUT2D eigenvalue weighted by molar-refractivity contribution is 0.242. The van der Waals surface area contributed by atoms with E-state index in [0.717, 1.165) is 5.56 Å². The highest BCUT2D eigenvalue weighted by Gasteiger charge is 2.27. The van der Waals surface area contributed by atoms with E-state index in [1.54, 1.807) is 0 Å². The first-order valence-corrected chi connectivity index (χ1v) is 7.12. The van der Waals surface area contributed by atoms with Crippen LogP contribution in [0.15, 0.2) is 24.3 Å². The molecule has 2 aromatic carbocycles. The van der Waals surface area contributed by atoms with E-state index in [9.17, 15) is 9.50 Å². The molecule has 0 bridgehead atoms. The summed E-state index contributed by atoms with van der Waals surface area (Å²) < 4.78 is 19.6. The average Bonchev–Trinajstić information content (AvgIpc) is 2.80. The molecule has 0 aliphatic carbocycles. The predicted molar refractivity (Wildman–Crippen MR) is 80.7 cm³/mol. The van der Waals surface area contributed by atoms with E-state index in [1.165, 1.54) is 24.3 Å². The van der Waals surface area contributed by atoms with Gasteiger partial charge in [0.05, 0.1) is 10.0 Å². The first-order chi connectivity index (χ1) is 9.99. The molecule has 1 atom stereocenters. The molecule has 0 aromatic heterocycles. The third-order valence-corrected chi connectivity index (χ3v) is 4.02. The van der Waals surface area contributed by atoms with Crippen LogP contribution in [0.2, 0.25) is 10.0 Å². The van der Waals surface area contributed by atoms with Gasteiger partial charge in [0, 0.05) is 29.7 Å². The van der Waals surface area contributed by atoms with E-state index in [-0.39, 0.29) is 21.9 Å². The zero-order chi connectivity index (χ0) is 15.1. The fraction of sp³-hybridized carbons (Fsp3) is 0.200. The summed E-state index contributed by atoms with van der Waals surface area (Å²) in [7, 11) is 0. The highest BCUT2D eigenvalue weighted by Crippen LogP contribution is 2.45. The van der Waals surface area contributed by atoms with Crippen LogP contribution in [-0.2, 0) is 6.42 Å². The van der Waals surface area contributed by atoms with Crippen LogP contribution in [0.1, 0.15) is 5.56 Å². The summed E-state index contributed by atoms with van der Waals surface area (Å²) in [6.45, 7) is 0.340. The second-order valence-corrected chi connectivity index (χ2v) is 5.72. The fourth-order valence-corrected chi connectivity index (χ4v) is 3.21. The molecule has 1 aliphatic heterocycles. The summed E-state index contributed by atoms with van der Waals surface area (Å²) in [6, 6.07) is 5.46. The van der Waals surface area contributed by atoms with Crippen LogP contribution in [0.4, 0.5) is 4.39 Å². The number of benzene rings is 2. The van der Waals surface area contributed by atoms with Gasteiger partial charge >= 0.3 is 0 Å². The van der Waals surface area contributed by atoms with Crippen molar-refractivity contribution < 1.29 is 14.2 Å². The maximum absolute atomic E-state index is 13.9. The zero-order valence-corrected chi connectivity index (χ0v) is 12.4. The summed E-state index contributed by atoms with van der Waals surface area (Å²) in [4.78, 5) is 0. The first-order valence-electron chi connectivity index (χ1n) is 6.37. The Morgan fingerprint density at radius 3 is 2.52 bits per heavy atom. The van der Waals surface area contributed by atoms with E-state index in [1.807, 2.05) is 0 Å². The minimum Gasteiger partial charge on any atom is -0.508 e. The molecule has 1 aliphatic rings. The molecule has 3 N–H and O–H groups in total. The number of phenolic OH excluding ortho intramolecular Hbond substituents is 1. The smallest absolute Gasteiger partial charge is 0.131 e. The average molecular weight is 328 g/mol. The van der Waals surface area contributed by atoms with Crippen molar-refractivity contribution in [3.8, 4) is 22.6 Å². The Hall–Kier alpha value is -1.49. The van der Waals surface area contributed by atoms with Gasteiger partial charge in [0.25, 0.3) is 0 Å². The highest BCUT2D eigenvalue weighted by atomic mass is 35.5. The molecule has 1 heterocycles. The number of halogens is 3. The van der Waals surface area contributed by atoms with Gasteiger partial charge in [-0.05, 0) is 24.3 Å². The Labute approximate surface area is 131 Å². The topological polar surface area (TPSA) is 55.5 Å². The number of ether oxygens (including phenoxy) is 1. The molecule has 0 amide bonds. The van der Waals surface area contributed by atoms with Gasteiger partial charge in [-0.1, -0.05) is 23.2 Å². The van der Waals surface area contributed by atoms with E-state index < -0.39 is 5.82 Å². The maximum Gasteiger partial charge on any atom is 0.131 e. The van der Waals surface area contributed by atoms with Crippen LogP contribution >= 0.6 is 23.2 Å². The molecule has 21 heavy (non-hydrogen) atoms. The van der Waals surface area contributed by atoms with Crippen molar-refractivity contribution in [1.82, 2.24) is 0 Å². The van der Waals surface area contributed by atoms with Crippen LogP contribution in [0.25, 0.3) is 11.1 Å². The van der Waals surface area contributed by atoms with Crippen LogP contribution < -0.4 is 10.5 Å². The first kappa shape index (κ1) is 14.4. The lowest BCUT2D eigenvalue weighted by Gasteiger charge is -2.14. The number of fused-ring (bicyclic) bond motifs is 1. The number of nitrogens with two attached hydrogens (primary N) is 1. The van der Waals surface area contributed by atoms with Gasteiger partial charge in [-0.3, -0.25) is 0 Å². The van der Waals surface area contributed by atoms with Gasteiger partial charge in [-0.15, -0.1) is 0 Å². The van der Waals surface area contributed by atoms with Crippen molar-refractivity contribution >= 4 is 23.2 Å². The summed E-state index contributed by atoms with van der Waals surface area (Å²) in [5.41, 5.74) is 7.26. The van der Waals surface area contributed by atoms with Crippen LogP contribution in [-0.4, -0.2) is 17.8 Å². The zero-order valence-electron chi connectivity index (χ0n) is 10.9. The van der Waals surface area contributed by atoms with E-state index in [4.69, 9.17) is 33.7 Å². The highest BCUT2D eigenvalue weighted by molar-refractivity contribution is 6.39. The summed E-state index contributed by atoms with van der Waals surface area (Å²) in [5, 5.41) is 9.96. The lowest BCUT2D eigenvalue weighted by atomic mass is 10.00. The van der Waals surface area contributed by atoms with Crippen molar-refractivity contribution in [1.29, 1.82) is 0 Å². The number of hydrogen-bond donors (Lipinski definition) is 2. The van der Waals surface area contributed by atoms with E-state index >= 15 is 0 Å². The standard InChI is InChI=1S/C15H12Cl2FNO2/c16-12-4-9(20)5-13(17)14(12)11-3-8(18)1-7-2-10(6-19)21-15(7)11/h1,3-5,10,20H,2,6,19H2. The Bertz CT molecular complexity index is 698. The number of hydrogen-bond acceptors (Lipinski definition) is 3. The van der Waals surface area contributed by atoms with Crippen molar-refractivity contribution in [2.75, 3.05) is 6.54 Å². The molecule has 1 unspecified atom stereocenters. The predicted octanol–water partition coefficient (Wildman–Crippen LogP) is 3.77. The van der Waals surface area contributed by atoms with Crippen LogP contribution in [0, 0.1) is 5.82 Å². The van der Waals surface area contributed by atoms with Gasteiger partial charge in [0.15, 0.2) is 0 Å². The monoisotopic (exact) mass is 327 g/mol. The number of phenols is 1. The van der Waals surface area contributed by atoms with Gasteiger partial charge in [-0.25, -0.2) is 4.39 Å². The van der Waals surface area contributed by atoms with Crippen molar-refractivity contribution in [3.63, 3.8) is 0 Å². The Morgan fingerprint density at radius 2 is 1.90 bits per heavy atom. The molecule has 6 heteroatoms. The van der Waals surface area contributed by atoms with Crippen molar-refractivity contribution in [2.45, 2.75) is 12.5 Å². The molecule has 0 fully saturated rings. The Balaban J connectivity index is 2.21. The van der Waals surface area contributed by atoms with Gasteiger partial charge in [-0.2, -0.15) is 0 Å². The quantitative estimate of drug-likeness (QED) is 0.882. The minimum absolute atomic E-state index is 0.0532. The molecule has 2 aromatic rings. The molecule has 110 valence electrons. The lowest BCUT2D eigenvalue weighted by Crippen LogP contribution is -2.24. The van der Waals surface area contributed by atoms with E-state index in [0.29, 0.717) is 29.8 Å². The van der Waals surface area contributed by atoms with Gasteiger partial charge < -0.3 is 15.6 Å². The van der Waals surface area contributed by atoms with Crippen LogP contribution in [0.5, 0.6) is 11.5 Å². The molecule has 0 saturated heterocycles. The fourth-order valence-electron chi connectivity index (χ4n) is 2.53. The van der Waals surface area contributed by atoms with Gasteiger partial charge in [0.1, 0.15) is 23.4 Å². The van der Waals surface area contributed by atoms with Gasteiger partial charge in [0.2, 0.25) is 0 Å². The summed E-state index contributed by atoms with van der Waals surface area (Å²) in [6.07, 6.45) is 0.361. The maximum atomic E-state index is 13.9. The molecule has 0 radical (unpaired) electrons. The minimum atomic E-state index is -0.398. The normalized spacial score (nSPS) is 16.7. The summed E-state index contributed by atoms with van der Waals surface area (Å²) >= 11 is 12.3. The van der Waals surface area contributed by atoms with E-state index in [2.05, 4.69) is 0 Å². The largest absolute Gasteiger partial charge is 0.508 e. The number of aromatic hydroxyl groups is 1. The summed E-state index contributed by atoms with van der Waals surface area (Å²) in [5.74, 6) is 0.0918. The SMILES string of the molecule is NCC1Cc2cc(F)cc(-c3c(Cl)cc(O)cc3Cl)c2O1. The molecular formula is C15H12Cl2FNO2. The van der Waals surface area contributed by atoms with Crippen molar-refractivity contribution in [2.24, 2.45) is 5.73 Å². The second kappa shape index (κ2) is 5.37. The Kier molecular flexibility index (Phi) is 3.69. The third-order valence-electron chi connectivity index (χ3n) is 3.42. The molecule has 3 nitrogen and oxygen atoms in total. The molecular weight excluding hydrogens is 316 g/mol. The molecule has 3 rings (SSSR count). The number of rotatable bonds is 2. The molecule has 0 saturated carbocycles. The molecule has 0 spiro atoms. The Morgan fingerprint density at radius 1 is 1.24 bits per heavy atom. The second-order valence-electron chi connectivity index (χ2n) is 4.91.